The molecule has 1 unspecified atom stereocenters. The van der Waals surface area contributed by atoms with Gasteiger partial charge in [0.15, 0.2) is 5.82 Å². The molecule has 1 saturated carbocycles. The van der Waals surface area contributed by atoms with E-state index in [4.69, 9.17) is 4.74 Å². The molecule has 0 radical (unpaired) electrons. The molecule has 1 saturated heterocycles. The fourth-order valence-corrected chi connectivity index (χ4v) is 6.19. The molecule has 2 aliphatic rings. The predicted molar refractivity (Wildman–Crippen MR) is 158 cm³/mol. The number of rotatable bonds is 8. The zero-order valence-electron chi connectivity index (χ0n) is 23.3. The van der Waals surface area contributed by atoms with Gasteiger partial charge in [0.2, 0.25) is 0 Å². The lowest BCUT2D eigenvalue weighted by Crippen LogP contribution is -2.48. The number of tetrazole rings is 1. The van der Waals surface area contributed by atoms with E-state index >= 15 is 0 Å². The Balaban J connectivity index is 0.00000323. The fourth-order valence-electron chi connectivity index (χ4n) is 6.19. The molecule has 6 rings (SSSR count). The molecule has 4 aromatic rings. The molecule has 1 N–H and O–H groups in total. The molecular weight excluding hydrogens is 526 g/mol. The zero-order chi connectivity index (χ0) is 26.8. The molecule has 1 aliphatic heterocycles. The van der Waals surface area contributed by atoms with Crippen LogP contribution in [-0.4, -0.2) is 68.3 Å². The fraction of sp³-hybridized carbons (Fsp3) is 0.467. The first-order chi connectivity index (χ1) is 19.1. The lowest BCUT2D eigenvalue weighted by molar-refractivity contribution is 0.0988. The van der Waals surface area contributed by atoms with Crippen LogP contribution in [0.2, 0.25) is 0 Å². The van der Waals surface area contributed by atoms with Crippen molar-refractivity contribution in [3.63, 3.8) is 0 Å². The maximum absolute atomic E-state index is 13.6. The van der Waals surface area contributed by atoms with Crippen molar-refractivity contribution in [3.8, 4) is 5.75 Å². The predicted octanol–water partition coefficient (Wildman–Crippen LogP) is 4.53. The largest absolute Gasteiger partial charge is 0.497 e. The van der Waals surface area contributed by atoms with Crippen molar-refractivity contribution in [3.05, 3.63) is 81.4 Å². The normalized spacial score (nSPS) is 17.6. The summed E-state index contributed by atoms with van der Waals surface area (Å²) in [7, 11) is 1.70. The number of methoxy groups -OCH3 is 1. The van der Waals surface area contributed by atoms with E-state index in [2.05, 4.69) is 67.6 Å². The number of fused-ring (bicyclic) bond motifs is 1. The van der Waals surface area contributed by atoms with Crippen molar-refractivity contribution in [1.82, 2.24) is 35.0 Å². The molecule has 1 atom stereocenters. The topological polar surface area (TPSA) is 92.2 Å². The quantitative estimate of drug-likeness (QED) is 0.337. The SMILES string of the molecule is CCc1ccc2[nH]c(=O)c(C(c3nnnn3C3CCCC3)N3CCN(Cc4cccc(OC)c4)CC3)cc2c1.Cl. The smallest absolute Gasteiger partial charge is 0.253 e. The van der Waals surface area contributed by atoms with Crippen molar-refractivity contribution >= 4 is 23.3 Å². The molecule has 1 aliphatic carbocycles. The summed E-state index contributed by atoms with van der Waals surface area (Å²) in [6.45, 7) is 6.44. The van der Waals surface area contributed by atoms with Crippen molar-refractivity contribution in [2.45, 2.75) is 57.7 Å². The van der Waals surface area contributed by atoms with Gasteiger partial charge in [0, 0.05) is 43.8 Å². The standard InChI is InChI=1S/C30H37N7O2.ClH/c1-3-21-11-12-27-23(17-21)19-26(30(38)31-27)28(29-32-33-34-37(29)24-8-4-5-9-24)36-15-13-35(14-16-36)20-22-7-6-10-25(18-22)39-2;/h6-7,10-12,17-19,24,28H,3-5,8-9,13-16,20H2,1-2H3,(H,31,38);1H. The summed E-state index contributed by atoms with van der Waals surface area (Å²) < 4.78 is 7.42. The number of nitrogens with zero attached hydrogens (tertiary/aromatic N) is 6. The number of hydrogen-bond donors (Lipinski definition) is 1. The van der Waals surface area contributed by atoms with E-state index in [9.17, 15) is 4.79 Å². The van der Waals surface area contributed by atoms with Crippen LogP contribution in [0.1, 0.15) is 67.2 Å². The Kier molecular flexibility index (Phi) is 8.83. The molecular formula is C30H38ClN7O2. The Morgan fingerprint density at radius 3 is 2.58 bits per heavy atom. The van der Waals surface area contributed by atoms with E-state index in [-0.39, 0.29) is 30.0 Å². The molecule has 2 aromatic carbocycles. The molecule has 40 heavy (non-hydrogen) atoms. The second-order valence-corrected chi connectivity index (χ2v) is 10.8. The summed E-state index contributed by atoms with van der Waals surface area (Å²) in [5, 5.41) is 14.2. The highest BCUT2D eigenvalue weighted by Gasteiger charge is 2.34. The third-order valence-corrected chi connectivity index (χ3v) is 8.39. The van der Waals surface area contributed by atoms with Crippen LogP contribution in [-0.2, 0) is 13.0 Å². The molecule has 212 valence electrons. The molecule has 0 amide bonds. The average Bonchev–Trinajstić information content (AvgIpc) is 3.67. The maximum Gasteiger partial charge on any atom is 0.253 e. The van der Waals surface area contributed by atoms with Crippen molar-refractivity contribution in [1.29, 1.82) is 0 Å². The lowest BCUT2D eigenvalue weighted by Gasteiger charge is -2.39. The Labute approximate surface area is 240 Å². The number of benzene rings is 2. The van der Waals surface area contributed by atoms with Crippen LogP contribution >= 0.6 is 12.4 Å². The van der Waals surface area contributed by atoms with E-state index in [0.29, 0.717) is 5.56 Å². The van der Waals surface area contributed by atoms with Crippen LogP contribution < -0.4 is 10.3 Å². The Morgan fingerprint density at radius 2 is 1.82 bits per heavy atom. The monoisotopic (exact) mass is 563 g/mol. The summed E-state index contributed by atoms with van der Waals surface area (Å²) in [5.74, 6) is 1.66. The van der Waals surface area contributed by atoms with Crippen molar-refractivity contribution < 1.29 is 4.74 Å². The highest BCUT2D eigenvalue weighted by atomic mass is 35.5. The first-order valence-corrected chi connectivity index (χ1v) is 14.2. The Hall–Kier alpha value is -3.27. The molecule has 10 heteroatoms. The maximum atomic E-state index is 13.6. The van der Waals surface area contributed by atoms with Crippen LogP contribution in [0.4, 0.5) is 0 Å². The number of piperazine rings is 1. The van der Waals surface area contributed by atoms with E-state index in [0.717, 1.165) is 74.5 Å². The third kappa shape index (κ3) is 5.77. The van der Waals surface area contributed by atoms with Gasteiger partial charge in [0.25, 0.3) is 5.56 Å². The van der Waals surface area contributed by atoms with Gasteiger partial charge in [0.05, 0.1) is 13.2 Å². The number of aromatic amines is 1. The van der Waals surface area contributed by atoms with Gasteiger partial charge >= 0.3 is 0 Å². The minimum absolute atomic E-state index is 0. The number of pyridine rings is 1. The number of hydrogen-bond acceptors (Lipinski definition) is 7. The second-order valence-electron chi connectivity index (χ2n) is 10.8. The molecule has 2 aromatic heterocycles. The van der Waals surface area contributed by atoms with Gasteiger partial charge in [-0.25, -0.2) is 4.68 Å². The van der Waals surface area contributed by atoms with Gasteiger partial charge in [-0.05, 0) is 76.5 Å². The van der Waals surface area contributed by atoms with Gasteiger partial charge in [-0.3, -0.25) is 14.6 Å². The van der Waals surface area contributed by atoms with Crippen LogP contribution in [0.5, 0.6) is 5.75 Å². The number of halogens is 1. The number of aryl methyl sites for hydroxylation is 1. The van der Waals surface area contributed by atoms with Crippen LogP contribution in [0.25, 0.3) is 10.9 Å². The van der Waals surface area contributed by atoms with Gasteiger partial charge in [-0.1, -0.05) is 38.0 Å². The van der Waals surface area contributed by atoms with Crippen LogP contribution in [0.15, 0.2) is 53.3 Å². The minimum atomic E-state index is -0.307. The summed E-state index contributed by atoms with van der Waals surface area (Å²) >= 11 is 0. The first kappa shape index (κ1) is 28.3. The Morgan fingerprint density at radius 1 is 1.02 bits per heavy atom. The minimum Gasteiger partial charge on any atom is -0.497 e. The summed E-state index contributed by atoms with van der Waals surface area (Å²) in [5.41, 5.74) is 3.99. The first-order valence-electron chi connectivity index (χ1n) is 14.2. The lowest BCUT2D eigenvalue weighted by atomic mass is 10.0. The summed E-state index contributed by atoms with van der Waals surface area (Å²) in [4.78, 5) is 21.6. The average molecular weight is 564 g/mol. The second kappa shape index (κ2) is 12.5. The molecule has 3 heterocycles. The van der Waals surface area contributed by atoms with Gasteiger partial charge < -0.3 is 9.72 Å². The van der Waals surface area contributed by atoms with Gasteiger partial charge in [-0.2, -0.15) is 0 Å². The summed E-state index contributed by atoms with van der Waals surface area (Å²) in [6, 6.07) is 16.6. The number of H-pyrrole nitrogens is 1. The van der Waals surface area contributed by atoms with E-state index in [1.165, 1.54) is 24.0 Å². The van der Waals surface area contributed by atoms with Crippen molar-refractivity contribution in [2.24, 2.45) is 0 Å². The highest BCUT2D eigenvalue weighted by molar-refractivity contribution is 5.85. The zero-order valence-corrected chi connectivity index (χ0v) is 24.1. The van der Waals surface area contributed by atoms with Gasteiger partial charge in [-0.15, -0.1) is 17.5 Å². The van der Waals surface area contributed by atoms with Crippen LogP contribution in [0.3, 0.4) is 0 Å². The Bertz CT molecular complexity index is 1490. The van der Waals surface area contributed by atoms with Gasteiger partial charge in [0.1, 0.15) is 11.8 Å². The third-order valence-electron chi connectivity index (χ3n) is 8.39. The molecule has 0 bridgehead atoms. The number of aromatic nitrogens is 5. The molecule has 2 fully saturated rings. The van der Waals surface area contributed by atoms with Crippen molar-refractivity contribution in [2.75, 3.05) is 33.3 Å². The van der Waals surface area contributed by atoms with E-state index in [1.807, 2.05) is 22.9 Å². The number of nitrogens with one attached hydrogen (secondary N) is 1. The van der Waals surface area contributed by atoms with E-state index in [1.54, 1.807) is 7.11 Å². The molecule has 0 spiro atoms. The molecule has 9 nitrogen and oxygen atoms in total. The highest BCUT2D eigenvalue weighted by Crippen LogP contribution is 2.34. The summed E-state index contributed by atoms with van der Waals surface area (Å²) in [6.07, 6.45) is 5.48. The number of ether oxygens (including phenoxy) is 1. The van der Waals surface area contributed by atoms with Crippen LogP contribution in [0, 0.1) is 0 Å². The van der Waals surface area contributed by atoms with E-state index < -0.39 is 0 Å².